The Bertz CT molecular complexity index is 358. The van der Waals surface area contributed by atoms with E-state index in [1.807, 2.05) is 0 Å². The van der Waals surface area contributed by atoms with Crippen LogP contribution in [-0.2, 0) is 0 Å². The van der Waals surface area contributed by atoms with Crippen LogP contribution in [0.3, 0.4) is 0 Å². The highest BCUT2D eigenvalue weighted by Gasteiger charge is 2.25. The van der Waals surface area contributed by atoms with Crippen LogP contribution in [0.4, 0.5) is 18.9 Å². The van der Waals surface area contributed by atoms with Crippen molar-refractivity contribution < 1.29 is 22.6 Å². The van der Waals surface area contributed by atoms with E-state index < -0.39 is 12.6 Å². The number of nitrogens with one attached hydrogen (secondary N) is 1. The molecule has 1 N–H and O–H groups in total. The van der Waals surface area contributed by atoms with Crippen LogP contribution in [0.2, 0.25) is 0 Å². The van der Waals surface area contributed by atoms with E-state index in [0.29, 0.717) is 17.2 Å². The molecule has 0 aromatic heterocycles. The molecule has 0 aliphatic heterocycles. The molecule has 0 saturated heterocycles. The van der Waals surface area contributed by atoms with Crippen LogP contribution in [-0.4, -0.2) is 26.9 Å². The fourth-order valence-corrected chi connectivity index (χ4v) is 1.43. The third kappa shape index (κ3) is 5.16. The number of anilines is 1. The van der Waals surface area contributed by atoms with Crippen LogP contribution >= 0.6 is 0 Å². The van der Waals surface area contributed by atoms with Gasteiger partial charge in [0.25, 0.3) is 0 Å². The van der Waals surface area contributed by atoms with Gasteiger partial charge in [-0.3, -0.25) is 0 Å². The number of rotatable bonds is 6. The number of ether oxygens (including phenoxy) is 2. The Morgan fingerprint density at radius 1 is 1.06 bits per heavy atom. The minimum Gasteiger partial charge on any atom is -0.497 e. The first-order valence-electron chi connectivity index (χ1n) is 5.48. The third-order valence-electron chi connectivity index (χ3n) is 2.32. The summed E-state index contributed by atoms with van der Waals surface area (Å²) in [5, 5.41) is 2.91. The zero-order valence-corrected chi connectivity index (χ0v) is 10.3. The maximum absolute atomic E-state index is 12.0. The quantitative estimate of drug-likeness (QED) is 0.797. The molecule has 0 fully saturated rings. The maximum atomic E-state index is 12.0. The van der Waals surface area contributed by atoms with E-state index in [-0.39, 0.29) is 13.0 Å². The van der Waals surface area contributed by atoms with Crippen molar-refractivity contribution in [2.45, 2.75) is 19.0 Å². The smallest absolute Gasteiger partial charge is 0.389 e. The molecule has 0 radical (unpaired) electrons. The van der Waals surface area contributed by atoms with Crippen molar-refractivity contribution in [3.8, 4) is 11.5 Å². The number of hydrogen-bond donors (Lipinski definition) is 1. The predicted molar refractivity (Wildman–Crippen MR) is 63.3 cm³/mol. The fourth-order valence-electron chi connectivity index (χ4n) is 1.43. The van der Waals surface area contributed by atoms with Gasteiger partial charge in [-0.25, -0.2) is 0 Å². The Labute approximate surface area is 104 Å². The zero-order chi connectivity index (χ0) is 13.6. The van der Waals surface area contributed by atoms with Crippen LogP contribution in [0.1, 0.15) is 12.8 Å². The average Bonchev–Trinajstić information content (AvgIpc) is 2.33. The lowest BCUT2D eigenvalue weighted by Crippen LogP contribution is -2.11. The average molecular weight is 263 g/mol. The first-order valence-corrected chi connectivity index (χ1v) is 5.48. The molecule has 0 atom stereocenters. The van der Waals surface area contributed by atoms with Crippen molar-refractivity contribution in [3.05, 3.63) is 18.2 Å². The summed E-state index contributed by atoms with van der Waals surface area (Å²) in [6.07, 6.45) is -4.86. The van der Waals surface area contributed by atoms with Gasteiger partial charge in [-0.05, 0) is 6.42 Å². The maximum Gasteiger partial charge on any atom is 0.389 e. The van der Waals surface area contributed by atoms with E-state index in [1.165, 1.54) is 14.2 Å². The molecule has 0 bridgehead atoms. The predicted octanol–water partition coefficient (Wildman–Crippen LogP) is 3.46. The van der Waals surface area contributed by atoms with Crippen LogP contribution < -0.4 is 14.8 Å². The van der Waals surface area contributed by atoms with Gasteiger partial charge in [0.15, 0.2) is 0 Å². The number of methoxy groups -OCH3 is 2. The highest BCUT2D eigenvalue weighted by atomic mass is 19.4. The molecule has 102 valence electrons. The third-order valence-corrected chi connectivity index (χ3v) is 2.32. The van der Waals surface area contributed by atoms with Crippen molar-refractivity contribution in [1.29, 1.82) is 0 Å². The van der Waals surface area contributed by atoms with Crippen LogP contribution in [0.15, 0.2) is 18.2 Å². The minimum atomic E-state index is -4.10. The van der Waals surface area contributed by atoms with Gasteiger partial charge in [0.1, 0.15) is 11.5 Å². The summed E-state index contributed by atoms with van der Waals surface area (Å²) in [6, 6.07) is 5.10. The van der Waals surface area contributed by atoms with Crippen molar-refractivity contribution in [2.75, 3.05) is 26.1 Å². The normalized spacial score (nSPS) is 11.2. The second-order valence-corrected chi connectivity index (χ2v) is 3.75. The monoisotopic (exact) mass is 263 g/mol. The summed E-state index contributed by atoms with van der Waals surface area (Å²) in [4.78, 5) is 0. The molecule has 1 aromatic carbocycles. The molecule has 1 rings (SSSR count). The Balaban J connectivity index is 2.51. The number of alkyl halides is 3. The van der Waals surface area contributed by atoms with E-state index in [1.54, 1.807) is 18.2 Å². The van der Waals surface area contributed by atoms with Gasteiger partial charge in [0, 0.05) is 36.9 Å². The van der Waals surface area contributed by atoms with Crippen molar-refractivity contribution in [3.63, 3.8) is 0 Å². The summed E-state index contributed by atoms with van der Waals surface area (Å²) in [6.45, 7) is 0.246. The summed E-state index contributed by atoms with van der Waals surface area (Å²) < 4.78 is 46.0. The van der Waals surface area contributed by atoms with Crippen molar-refractivity contribution in [1.82, 2.24) is 0 Å². The summed E-state index contributed by atoms with van der Waals surface area (Å²) in [5.74, 6) is 1.18. The molecule has 18 heavy (non-hydrogen) atoms. The van der Waals surface area contributed by atoms with Crippen LogP contribution in [0.5, 0.6) is 11.5 Å². The molecule has 0 aliphatic carbocycles. The lowest BCUT2D eigenvalue weighted by Gasteiger charge is -2.11. The Kier molecular flexibility index (Phi) is 5.12. The Morgan fingerprint density at radius 2 is 1.61 bits per heavy atom. The standard InChI is InChI=1S/C12H16F3NO2/c1-17-10-6-9(7-11(8-10)18-2)16-5-3-4-12(13,14)15/h6-8,16H,3-5H2,1-2H3. The molecule has 0 heterocycles. The molecule has 0 saturated carbocycles. The molecule has 6 heteroatoms. The van der Waals surface area contributed by atoms with E-state index in [0.717, 1.165) is 0 Å². The van der Waals surface area contributed by atoms with Gasteiger partial charge in [-0.2, -0.15) is 13.2 Å². The van der Waals surface area contributed by atoms with E-state index in [2.05, 4.69) is 5.32 Å². The minimum absolute atomic E-state index is 0.0308. The van der Waals surface area contributed by atoms with Gasteiger partial charge in [-0.15, -0.1) is 0 Å². The Hall–Kier alpha value is -1.59. The summed E-state index contributed by atoms with van der Waals surface area (Å²) in [7, 11) is 3.03. The van der Waals surface area contributed by atoms with Crippen LogP contribution in [0, 0.1) is 0 Å². The first kappa shape index (κ1) is 14.5. The largest absolute Gasteiger partial charge is 0.497 e. The fraction of sp³-hybridized carbons (Fsp3) is 0.500. The van der Waals surface area contributed by atoms with E-state index in [9.17, 15) is 13.2 Å². The lowest BCUT2D eigenvalue weighted by atomic mass is 10.2. The highest BCUT2D eigenvalue weighted by molar-refractivity contribution is 5.53. The first-order chi connectivity index (χ1) is 8.44. The second-order valence-electron chi connectivity index (χ2n) is 3.75. The van der Waals surface area contributed by atoms with Gasteiger partial charge < -0.3 is 14.8 Å². The molecule has 0 spiro atoms. The second kappa shape index (κ2) is 6.37. The van der Waals surface area contributed by atoms with E-state index >= 15 is 0 Å². The van der Waals surface area contributed by atoms with Gasteiger partial charge >= 0.3 is 6.18 Å². The number of halogens is 3. The molecule has 0 amide bonds. The molecule has 3 nitrogen and oxygen atoms in total. The molecular formula is C12H16F3NO2. The Morgan fingerprint density at radius 3 is 2.06 bits per heavy atom. The SMILES string of the molecule is COc1cc(NCCCC(F)(F)F)cc(OC)c1. The van der Waals surface area contributed by atoms with Gasteiger partial charge in [0.2, 0.25) is 0 Å². The zero-order valence-electron chi connectivity index (χ0n) is 10.3. The summed E-state index contributed by atoms with van der Waals surface area (Å²) in [5.41, 5.74) is 0.674. The van der Waals surface area contributed by atoms with Gasteiger partial charge in [-0.1, -0.05) is 0 Å². The number of benzene rings is 1. The molecule has 1 aromatic rings. The van der Waals surface area contributed by atoms with Crippen molar-refractivity contribution in [2.24, 2.45) is 0 Å². The van der Waals surface area contributed by atoms with Crippen molar-refractivity contribution >= 4 is 5.69 Å². The topological polar surface area (TPSA) is 30.5 Å². The molecule has 0 aliphatic rings. The highest BCUT2D eigenvalue weighted by Crippen LogP contribution is 2.26. The van der Waals surface area contributed by atoms with E-state index in [4.69, 9.17) is 9.47 Å². The molecular weight excluding hydrogens is 247 g/mol. The number of hydrogen-bond acceptors (Lipinski definition) is 3. The summed E-state index contributed by atoms with van der Waals surface area (Å²) >= 11 is 0. The lowest BCUT2D eigenvalue weighted by molar-refractivity contribution is -0.134. The van der Waals surface area contributed by atoms with Gasteiger partial charge in [0.05, 0.1) is 14.2 Å². The van der Waals surface area contributed by atoms with Crippen LogP contribution in [0.25, 0.3) is 0 Å². The molecule has 0 unspecified atom stereocenters.